The standard InChI is InChI=1S/C8H11F2NO5/c9-6(10)3-16-4-1-5(7(12)13)11(2-4)8(14)15/h4-6H,1-3H2,(H,12,13)(H,14,15)/t4-,5?/m1/s1. The van der Waals surface area contributed by atoms with Crippen LogP contribution >= 0.6 is 0 Å². The Kier molecular flexibility index (Phi) is 3.99. The van der Waals surface area contributed by atoms with Gasteiger partial charge in [0.2, 0.25) is 0 Å². The number of carboxylic acids is 1. The van der Waals surface area contributed by atoms with Crippen molar-refractivity contribution < 1.29 is 33.3 Å². The Morgan fingerprint density at radius 1 is 1.44 bits per heavy atom. The lowest BCUT2D eigenvalue weighted by Gasteiger charge is -2.16. The summed E-state index contributed by atoms with van der Waals surface area (Å²) < 4.78 is 28.4. The van der Waals surface area contributed by atoms with Crippen LogP contribution < -0.4 is 0 Å². The molecule has 0 aromatic carbocycles. The molecule has 0 aromatic heterocycles. The first-order chi connectivity index (χ1) is 7.41. The number of nitrogens with zero attached hydrogens (tertiary/aromatic N) is 1. The summed E-state index contributed by atoms with van der Waals surface area (Å²) in [5.41, 5.74) is 0. The maximum absolute atomic E-state index is 11.8. The highest BCUT2D eigenvalue weighted by molar-refractivity contribution is 5.80. The highest BCUT2D eigenvalue weighted by Gasteiger charge is 2.40. The van der Waals surface area contributed by atoms with Gasteiger partial charge in [0.15, 0.2) is 0 Å². The molecule has 6 nitrogen and oxygen atoms in total. The molecule has 2 N–H and O–H groups in total. The molecular formula is C8H11F2NO5. The first-order valence-electron chi connectivity index (χ1n) is 4.54. The molecule has 92 valence electrons. The monoisotopic (exact) mass is 239 g/mol. The van der Waals surface area contributed by atoms with E-state index in [1.54, 1.807) is 0 Å². The molecule has 1 rings (SSSR count). The maximum Gasteiger partial charge on any atom is 0.408 e. The van der Waals surface area contributed by atoms with Crippen LogP contribution in [0.15, 0.2) is 0 Å². The zero-order valence-corrected chi connectivity index (χ0v) is 8.18. The molecule has 0 aromatic rings. The third-order valence-corrected chi connectivity index (χ3v) is 2.25. The zero-order valence-electron chi connectivity index (χ0n) is 8.18. The van der Waals surface area contributed by atoms with Gasteiger partial charge in [-0.25, -0.2) is 18.4 Å². The van der Waals surface area contributed by atoms with Crippen molar-refractivity contribution in [1.82, 2.24) is 4.90 Å². The van der Waals surface area contributed by atoms with E-state index in [1.807, 2.05) is 0 Å². The predicted molar refractivity (Wildman–Crippen MR) is 46.5 cm³/mol. The van der Waals surface area contributed by atoms with E-state index >= 15 is 0 Å². The minimum Gasteiger partial charge on any atom is -0.480 e. The molecule has 1 aliphatic heterocycles. The average Bonchev–Trinajstić information content (AvgIpc) is 2.58. The maximum atomic E-state index is 11.8. The van der Waals surface area contributed by atoms with Crippen LogP contribution in [0.25, 0.3) is 0 Å². The summed E-state index contributed by atoms with van der Waals surface area (Å²) in [6.45, 7) is -1.01. The third kappa shape index (κ3) is 3.02. The molecule has 8 heteroatoms. The second kappa shape index (κ2) is 5.06. The van der Waals surface area contributed by atoms with E-state index in [2.05, 4.69) is 0 Å². The van der Waals surface area contributed by atoms with Crippen molar-refractivity contribution in [3.05, 3.63) is 0 Å². The summed E-state index contributed by atoms with van der Waals surface area (Å²) in [6, 6.07) is -1.22. The van der Waals surface area contributed by atoms with E-state index < -0.39 is 37.2 Å². The normalized spacial score (nSPS) is 25.1. The van der Waals surface area contributed by atoms with Crippen LogP contribution in [0.3, 0.4) is 0 Å². The van der Waals surface area contributed by atoms with Gasteiger partial charge in [-0.15, -0.1) is 0 Å². The van der Waals surface area contributed by atoms with Crippen molar-refractivity contribution in [2.45, 2.75) is 25.0 Å². The van der Waals surface area contributed by atoms with E-state index in [0.717, 1.165) is 0 Å². The molecule has 0 aliphatic carbocycles. The molecule has 1 amide bonds. The van der Waals surface area contributed by atoms with Gasteiger partial charge >= 0.3 is 12.1 Å². The van der Waals surface area contributed by atoms with Crippen LogP contribution in [-0.4, -0.2) is 58.9 Å². The highest BCUT2D eigenvalue weighted by atomic mass is 19.3. The fourth-order valence-electron chi connectivity index (χ4n) is 1.57. The van der Waals surface area contributed by atoms with Crippen LogP contribution in [0.5, 0.6) is 0 Å². The summed E-state index contributed by atoms with van der Waals surface area (Å²) in [5.74, 6) is -1.30. The Labute approximate surface area is 89.4 Å². The Morgan fingerprint density at radius 2 is 2.06 bits per heavy atom. The first-order valence-corrected chi connectivity index (χ1v) is 4.54. The van der Waals surface area contributed by atoms with Crippen LogP contribution in [0, 0.1) is 0 Å². The van der Waals surface area contributed by atoms with Gasteiger partial charge in [0.25, 0.3) is 6.43 Å². The van der Waals surface area contributed by atoms with Crippen molar-refractivity contribution in [3.63, 3.8) is 0 Å². The zero-order chi connectivity index (χ0) is 12.3. The molecular weight excluding hydrogens is 228 g/mol. The van der Waals surface area contributed by atoms with Crippen molar-refractivity contribution in [3.8, 4) is 0 Å². The van der Waals surface area contributed by atoms with Crippen molar-refractivity contribution in [1.29, 1.82) is 0 Å². The van der Waals surface area contributed by atoms with E-state index in [-0.39, 0.29) is 13.0 Å². The molecule has 1 heterocycles. The van der Waals surface area contributed by atoms with Gasteiger partial charge in [0.05, 0.1) is 12.6 Å². The number of rotatable bonds is 4. The molecule has 0 saturated carbocycles. The summed E-state index contributed by atoms with van der Waals surface area (Å²) >= 11 is 0. The van der Waals surface area contributed by atoms with Crippen molar-refractivity contribution >= 4 is 12.1 Å². The largest absolute Gasteiger partial charge is 0.480 e. The molecule has 1 fully saturated rings. The van der Waals surface area contributed by atoms with Gasteiger partial charge in [0.1, 0.15) is 12.6 Å². The number of aliphatic carboxylic acids is 1. The van der Waals surface area contributed by atoms with E-state index in [9.17, 15) is 18.4 Å². The number of likely N-dealkylation sites (tertiary alicyclic amines) is 1. The Bertz CT molecular complexity index is 264. The fourth-order valence-corrected chi connectivity index (χ4v) is 1.57. The summed E-state index contributed by atoms with van der Waals surface area (Å²) in [5, 5.41) is 17.4. The Morgan fingerprint density at radius 3 is 2.44 bits per heavy atom. The topological polar surface area (TPSA) is 87.1 Å². The van der Waals surface area contributed by atoms with Gasteiger partial charge in [-0.05, 0) is 0 Å². The number of hydrogen-bond donors (Lipinski definition) is 2. The van der Waals surface area contributed by atoms with Gasteiger partial charge in [-0.1, -0.05) is 0 Å². The molecule has 1 unspecified atom stereocenters. The number of halogens is 2. The number of carbonyl (C=O) groups is 2. The van der Waals surface area contributed by atoms with Crippen LogP contribution in [-0.2, 0) is 9.53 Å². The molecule has 1 aliphatic rings. The quantitative estimate of drug-likeness (QED) is 0.744. The minimum atomic E-state index is -2.65. The Balaban J connectivity index is 2.55. The van der Waals surface area contributed by atoms with Gasteiger partial charge in [-0.3, -0.25) is 4.90 Å². The van der Waals surface area contributed by atoms with Crippen molar-refractivity contribution in [2.75, 3.05) is 13.2 Å². The Hall–Kier alpha value is -1.44. The van der Waals surface area contributed by atoms with Gasteiger partial charge in [-0.2, -0.15) is 0 Å². The second-order valence-electron chi connectivity index (χ2n) is 3.37. The summed E-state index contributed by atoms with van der Waals surface area (Å²) in [4.78, 5) is 22.0. The summed E-state index contributed by atoms with van der Waals surface area (Å²) in [6.07, 6.45) is -4.93. The third-order valence-electron chi connectivity index (χ3n) is 2.25. The molecule has 16 heavy (non-hydrogen) atoms. The van der Waals surface area contributed by atoms with E-state index in [0.29, 0.717) is 4.90 Å². The van der Waals surface area contributed by atoms with Crippen LogP contribution in [0.4, 0.5) is 13.6 Å². The average molecular weight is 239 g/mol. The molecule has 0 bridgehead atoms. The van der Waals surface area contributed by atoms with E-state index in [4.69, 9.17) is 14.9 Å². The lowest BCUT2D eigenvalue weighted by atomic mass is 10.2. The molecule has 2 atom stereocenters. The van der Waals surface area contributed by atoms with Crippen molar-refractivity contribution in [2.24, 2.45) is 0 Å². The highest BCUT2D eigenvalue weighted by Crippen LogP contribution is 2.21. The summed E-state index contributed by atoms with van der Waals surface area (Å²) in [7, 11) is 0. The first kappa shape index (κ1) is 12.6. The second-order valence-corrected chi connectivity index (χ2v) is 3.37. The lowest BCUT2D eigenvalue weighted by Crippen LogP contribution is -2.39. The lowest BCUT2D eigenvalue weighted by molar-refractivity contribution is -0.141. The number of alkyl halides is 2. The minimum absolute atomic E-state index is 0.103. The van der Waals surface area contributed by atoms with Crippen LogP contribution in [0.1, 0.15) is 6.42 Å². The number of amides is 1. The molecule has 0 spiro atoms. The van der Waals surface area contributed by atoms with Crippen LogP contribution in [0.2, 0.25) is 0 Å². The van der Waals surface area contributed by atoms with E-state index in [1.165, 1.54) is 0 Å². The smallest absolute Gasteiger partial charge is 0.408 e. The fraction of sp³-hybridized carbons (Fsp3) is 0.750. The van der Waals surface area contributed by atoms with Gasteiger partial charge in [0, 0.05) is 6.42 Å². The van der Waals surface area contributed by atoms with Gasteiger partial charge < -0.3 is 14.9 Å². The SMILES string of the molecule is O=C(O)C1C[C@@H](OCC(F)F)CN1C(=O)O. The molecule has 0 radical (unpaired) electrons. The number of carboxylic acid groups (broad SMARTS) is 2. The predicted octanol–water partition coefficient (Wildman–Crippen LogP) is 0.474. The number of ether oxygens (including phenoxy) is 1. The number of hydrogen-bond acceptors (Lipinski definition) is 3. The molecule has 1 saturated heterocycles.